The molecular weight excluding hydrogens is 332 g/mol. The maximum absolute atomic E-state index is 12.3. The average molecular weight is 356 g/mol. The van der Waals surface area contributed by atoms with Crippen LogP contribution in [0.1, 0.15) is 30.6 Å². The van der Waals surface area contributed by atoms with Gasteiger partial charge in [0.1, 0.15) is 6.54 Å². The number of fused-ring (bicyclic) bond motifs is 1. The zero-order valence-electron chi connectivity index (χ0n) is 15.3. The van der Waals surface area contributed by atoms with Crippen molar-refractivity contribution in [3.63, 3.8) is 0 Å². The summed E-state index contributed by atoms with van der Waals surface area (Å²) in [5, 5.41) is 4.80. The van der Waals surface area contributed by atoms with Gasteiger partial charge in [-0.15, -0.1) is 0 Å². The number of carbonyl (C=O) groups excluding carboxylic acids is 3. The first-order chi connectivity index (χ1) is 12.4. The van der Waals surface area contributed by atoms with Gasteiger partial charge in [0, 0.05) is 24.6 Å². The van der Waals surface area contributed by atoms with Gasteiger partial charge in [-0.05, 0) is 36.8 Å². The van der Waals surface area contributed by atoms with Crippen molar-refractivity contribution in [1.29, 1.82) is 0 Å². The lowest BCUT2D eigenvalue weighted by Crippen LogP contribution is -2.42. The minimum absolute atomic E-state index is 0.0916. The van der Waals surface area contributed by atoms with Crippen molar-refractivity contribution < 1.29 is 19.1 Å². The number of amides is 2. The third-order valence-corrected chi connectivity index (χ3v) is 4.11. The number of nitrogens with one attached hydrogen (secondary N) is 1. The van der Waals surface area contributed by atoms with Gasteiger partial charge in [0.05, 0.1) is 7.11 Å². The van der Waals surface area contributed by atoms with Crippen LogP contribution in [-0.4, -0.2) is 48.9 Å². The Labute approximate surface area is 153 Å². The molecule has 0 fully saturated rings. The Balaban J connectivity index is 1.91. The molecule has 26 heavy (non-hydrogen) atoms. The van der Waals surface area contributed by atoms with E-state index in [0.29, 0.717) is 5.56 Å². The summed E-state index contributed by atoms with van der Waals surface area (Å²) < 4.78 is 4.61. The molecule has 2 aromatic carbocycles. The molecule has 0 aliphatic heterocycles. The van der Waals surface area contributed by atoms with Crippen LogP contribution in [0.3, 0.4) is 0 Å². The number of ether oxygens (including phenoxy) is 1. The number of hydrogen-bond acceptors (Lipinski definition) is 4. The molecule has 6 heteroatoms. The Morgan fingerprint density at radius 3 is 2.42 bits per heavy atom. The van der Waals surface area contributed by atoms with Crippen molar-refractivity contribution in [2.45, 2.75) is 26.3 Å². The molecule has 0 radical (unpaired) electrons. The minimum Gasteiger partial charge on any atom is -0.468 e. The average Bonchev–Trinajstić information content (AvgIpc) is 2.64. The predicted molar refractivity (Wildman–Crippen MR) is 99.8 cm³/mol. The smallest absolute Gasteiger partial charge is 0.325 e. The van der Waals surface area contributed by atoms with Crippen LogP contribution in [0.5, 0.6) is 0 Å². The summed E-state index contributed by atoms with van der Waals surface area (Å²) >= 11 is 0. The van der Waals surface area contributed by atoms with Crippen molar-refractivity contribution in [2.75, 3.05) is 20.2 Å². The monoisotopic (exact) mass is 356 g/mol. The number of methoxy groups -OCH3 is 1. The first-order valence-electron chi connectivity index (χ1n) is 8.55. The second kappa shape index (κ2) is 8.99. The second-order valence-corrected chi connectivity index (χ2v) is 6.26. The highest BCUT2D eigenvalue weighted by atomic mass is 16.5. The number of nitrogens with zero attached hydrogens (tertiary/aromatic N) is 1. The molecule has 2 rings (SSSR count). The molecule has 0 aromatic heterocycles. The van der Waals surface area contributed by atoms with Crippen LogP contribution in [0.15, 0.2) is 42.5 Å². The van der Waals surface area contributed by atoms with Crippen LogP contribution in [0.25, 0.3) is 10.8 Å². The lowest BCUT2D eigenvalue weighted by atomic mass is 10.1. The van der Waals surface area contributed by atoms with Gasteiger partial charge in [-0.1, -0.05) is 30.3 Å². The van der Waals surface area contributed by atoms with Crippen LogP contribution < -0.4 is 5.32 Å². The van der Waals surface area contributed by atoms with E-state index < -0.39 is 5.97 Å². The summed E-state index contributed by atoms with van der Waals surface area (Å²) in [5.41, 5.74) is 0.548. The first kappa shape index (κ1) is 19.4. The van der Waals surface area contributed by atoms with E-state index in [2.05, 4.69) is 10.1 Å². The van der Waals surface area contributed by atoms with Gasteiger partial charge < -0.3 is 15.0 Å². The number of benzene rings is 2. The van der Waals surface area contributed by atoms with Crippen molar-refractivity contribution in [2.24, 2.45) is 0 Å². The summed E-state index contributed by atoms with van der Waals surface area (Å²) in [4.78, 5) is 37.4. The van der Waals surface area contributed by atoms with E-state index in [1.807, 2.05) is 50.2 Å². The van der Waals surface area contributed by atoms with Crippen LogP contribution >= 0.6 is 0 Å². The Morgan fingerprint density at radius 1 is 1.08 bits per heavy atom. The number of esters is 1. The zero-order valence-corrected chi connectivity index (χ0v) is 15.3. The second-order valence-electron chi connectivity index (χ2n) is 6.26. The van der Waals surface area contributed by atoms with Crippen LogP contribution in [0, 0.1) is 0 Å². The molecule has 2 aromatic rings. The molecule has 0 atom stereocenters. The Morgan fingerprint density at radius 2 is 1.77 bits per heavy atom. The van der Waals surface area contributed by atoms with E-state index >= 15 is 0 Å². The van der Waals surface area contributed by atoms with Crippen LogP contribution in [-0.2, 0) is 14.3 Å². The van der Waals surface area contributed by atoms with Crippen molar-refractivity contribution in [1.82, 2.24) is 10.2 Å². The molecule has 0 saturated carbocycles. The highest BCUT2D eigenvalue weighted by molar-refractivity contribution is 5.98. The van der Waals surface area contributed by atoms with Gasteiger partial charge in [0.15, 0.2) is 0 Å². The summed E-state index contributed by atoms with van der Waals surface area (Å²) in [7, 11) is 1.29. The topological polar surface area (TPSA) is 75.7 Å². The molecule has 0 unspecified atom stereocenters. The molecule has 2 amide bonds. The Kier molecular flexibility index (Phi) is 6.72. The number of hydrogen-bond donors (Lipinski definition) is 1. The number of carbonyl (C=O) groups is 3. The summed E-state index contributed by atoms with van der Waals surface area (Å²) in [6.07, 6.45) is 0.120. The van der Waals surface area contributed by atoms with E-state index in [4.69, 9.17) is 0 Å². The van der Waals surface area contributed by atoms with E-state index in [1.165, 1.54) is 12.0 Å². The van der Waals surface area contributed by atoms with Crippen molar-refractivity contribution in [3.8, 4) is 0 Å². The first-order valence-corrected chi connectivity index (χ1v) is 8.55. The molecule has 0 aliphatic carbocycles. The van der Waals surface area contributed by atoms with Gasteiger partial charge in [0.25, 0.3) is 5.91 Å². The molecule has 138 valence electrons. The van der Waals surface area contributed by atoms with Gasteiger partial charge in [0.2, 0.25) is 5.91 Å². The predicted octanol–water partition coefficient (Wildman–Crippen LogP) is 2.37. The van der Waals surface area contributed by atoms with Gasteiger partial charge in [-0.3, -0.25) is 14.4 Å². The van der Waals surface area contributed by atoms with Crippen molar-refractivity contribution >= 4 is 28.6 Å². The highest BCUT2D eigenvalue weighted by Crippen LogP contribution is 2.15. The van der Waals surface area contributed by atoms with Gasteiger partial charge >= 0.3 is 5.97 Å². The molecule has 1 N–H and O–H groups in total. The normalized spacial score (nSPS) is 10.6. The summed E-state index contributed by atoms with van der Waals surface area (Å²) in [6, 6.07) is 13.2. The van der Waals surface area contributed by atoms with E-state index in [-0.39, 0.29) is 37.4 Å². The zero-order chi connectivity index (χ0) is 19.1. The quantitative estimate of drug-likeness (QED) is 0.773. The van der Waals surface area contributed by atoms with Gasteiger partial charge in [-0.25, -0.2) is 0 Å². The third-order valence-electron chi connectivity index (χ3n) is 4.11. The molecule has 0 saturated heterocycles. The Bertz CT molecular complexity index is 801. The van der Waals surface area contributed by atoms with Crippen LogP contribution in [0.2, 0.25) is 0 Å². The Hall–Kier alpha value is -2.89. The molecule has 0 heterocycles. The SMILES string of the molecule is COC(=O)CN(C(=O)CCNC(=O)c1ccc2ccccc2c1)C(C)C. The summed E-state index contributed by atoms with van der Waals surface area (Å²) in [5.74, 6) is -0.899. The molecular formula is C20H24N2O4. The maximum atomic E-state index is 12.3. The van der Waals surface area contributed by atoms with E-state index in [0.717, 1.165) is 10.8 Å². The maximum Gasteiger partial charge on any atom is 0.325 e. The number of rotatable bonds is 7. The lowest BCUT2D eigenvalue weighted by Gasteiger charge is -2.25. The molecule has 0 aliphatic rings. The molecule has 6 nitrogen and oxygen atoms in total. The fourth-order valence-corrected chi connectivity index (χ4v) is 2.62. The minimum atomic E-state index is -0.466. The standard InChI is InChI=1S/C20H24N2O4/c1-14(2)22(13-19(24)26-3)18(23)10-11-21-20(25)17-9-8-15-6-4-5-7-16(15)12-17/h4-9,12,14H,10-11,13H2,1-3H3,(H,21,25). The summed E-state index contributed by atoms with van der Waals surface area (Å²) in [6.45, 7) is 3.77. The third kappa shape index (κ3) is 5.05. The highest BCUT2D eigenvalue weighted by Gasteiger charge is 2.20. The van der Waals surface area contributed by atoms with Gasteiger partial charge in [-0.2, -0.15) is 0 Å². The van der Waals surface area contributed by atoms with Crippen LogP contribution in [0.4, 0.5) is 0 Å². The molecule has 0 bridgehead atoms. The lowest BCUT2D eigenvalue weighted by molar-refractivity contribution is -0.148. The molecule has 0 spiro atoms. The van der Waals surface area contributed by atoms with E-state index in [9.17, 15) is 14.4 Å². The van der Waals surface area contributed by atoms with E-state index in [1.54, 1.807) is 6.07 Å². The van der Waals surface area contributed by atoms with Crippen molar-refractivity contribution in [3.05, 3.63) is 48.0 Å². The fourth-order valence-electron chi connectivity index (χ4n) is 2.62. The largest absolute Gasteiger partial charge is 0.468 e. The fraction of sp³-hybridized carbons (Fsp3) is 0.350.